The molecule has 0 bridgehead atoms. The van der Waals surface area contributed by atoms with Gasteiger partial charge in [0.25, 0.3) is 12.3 Å². The lowest BCUT2D eigenvalue weighted by molar-refractivity contribution is 0.0997. The predicted octanol–water partition coefficient (Wildman–Crippen LogP) is 4.42. The van der Waals surface area contributed by atoms with Crippen LogP contribution in [0.3, 0.4) is 0 Å². The molecule has 4 aromatic rings. The van der Waals surface area contributed by atoms with Crippen molar-refractivity contribution >= 4 is 43.5 Å². The Kier molecular flexibility index (Phi) is 5.32. The van der Waals surface area contributed by atoms with E-state index >= 15 is 0 Å². The van der Waals surface area contributed by atoms with E-state index in [-0.39, 0.29) is 5.56 Å². The number of pyridine rings is 1. The highest BCUT2D eigenvalue weighted by atomic mass is 32.1. The zero-order chi connectivity index (χ0) is 21.3. The molecule has 0 atom stereocenters. The summed E-state index contributed by atoms with van der Waals surface area (Å²) in [5, 5.41) is 3.61. The van der Waals surface area contributed by atoms with Gasteiger partial charge in [0, 0.05) is 23.7 Å². The third-order valence-electron chi connectivity index (χ3n) is 4.28. The number of nitrogens with two attached hydrogens (primary N) is 1. The molecule has 2 heterocycles. The Labute approximate surface area is 173 Å². The van der Waals surface area contributed by atoms with E-state index in [1.807, 2.05) is 0 Å². The van der Waals surface area contributed by atoms with E-state index in [0.29, 0.717) is 38.8 Å². The van der Waals surface area contributed by atoms with Gasteiger partial charge in [0.2, 0.25) is 0 Å². The first kappa shape index (κ1) is 19.8. The second-order valence-electron chi connectivity index (χ2n) is 6.27. The minimum Gasteiger partial charge on any atom is -0.496 e. The maximum atomic E-state index is 12.4. The minimum absolute atomic E-state index is 0.218. The molecule has 7 nitrogen and oxygen atoms in total. The van der Waals surface area contributed by atoms with Crippen molar-refractivity contribution in [2.75, 3.05) is 19.0 Å². The number of methoxy groups -OCH3 is 1. The number of carbonyl (C=O) groups is 1. The number of halogens is 2. The number of aromatic nitrogens is 2. The van der Waals surface area contributed by atoms with E-state index in [9.17, 15) is 13.6 Å². The number of nitrogens with zero attached hydrogens (tertiary/aromatic N) is 2. The van der Waals surface area contributed by atoms with Crippen LogP contribution in [0.2, 0.25) is 0 Å². The number of carbonyl (C=O) groups excluding carboxylic acids is 1. The summed E-state index contributed by atoms with van der Waals surface area (Å²) in [5.74, 6) is 0.702. The van der Waals surface area contributed by atoms with Crippen molar-refractivity contribution in [2.45, 2.75) is 6.43 Å². The zero-order valence-corrected chi connectivity index (χ0v) is 16.5. The molecule has 2 aromatic heterocycles. The summed E-state index contributed by atoms with van der Waals surface area (Å²) in [7, 11) is 1.45. The molecule has 0 aliphatic heterocycles. The van der Waals surface area contributed by atoms with Crippen LogP contribution in [0.25, 0.3) is 21.1 Å². The van der Waals surface area contributed by atoms with Crippen LogP contribution in [-0.2, 0) is 0 Å². The van der Waals surface area contributed by atoms with E-state index in [0.717, 1.165) is 4.70 Å². The Hall–Kier alpha value is -3.53. The Morgan fingerprint density at radius 2 is 2.03 bits per heavy atom. The Morgan fingerprint density at radius 3 is 2.77 bits per heavy atom. The molecule has 0 saturated carbocycles. The van der Waals surface area contributed by atoms with Crippen molar-refractivity contribution in [2.24, 2.45) is 5.73 Å². The van der Waals surface area contributed by atoms with Crippen LogP contribution >= 0.6 is 11.3 Å². The van der Waals surface area contributed by atoms with Gasteiger partial charge in [-0.05, 0) is 24.3 Å². The normalized spacial score (nSPS) is 11.2. The first-order valence-corrected chi connectivity index (χ1v) is 9.63. The third kappa shape index (κ3) is 3.94. The number of anilines is 1. The molecule has 0 radical (unpaired) electrons. The van der Waals surface area contributed by atoms with Crippen LogP contribution < -0.4 is 20.5 Å². The average Bonchev–Trinajstić information content (AvgIpc) is 3.13. The van der Waals surface area contributed by atoms with Crippen molar-refractivity contribution in [1.29, 1.82) is 0 Å². The highest BCUT2D eigenvalue weighted by Gasteiger charge is 2.15. The number of primary amides is 1. The van der Waals surface area contributed by atoms with Gasteiger partial charge in [-0.15, -0.1) is 0 Å². The standard InChI is InChI=1S/C20H16F2N4O3S/c1-28-16-8-14-11(7-12(16)19(23)27)15(4-5-24-14)29-10-2-3-13-17(6-10)30-20(26-13)25-9-18(21)22/h2-8,18H,9H2,1H3,(H2,23,27)(H,25,26). The van der Waals surface area contributed by atoms with E-state index < -0.39 is 18.9 Å². The molecule has 0 aliphatic rings. The molecule has 154 valence electrons. The van der Waals surface area contributed by atoms with E-state index in [2.05, 4.69) is 15.3 Å². The quantitative estimate of drug-likeness (QED) is 0.450. The second-order valence-corrected chi connectivity index (χ2v) is 7.30. The number of ether oxygens (including phenoxy) is 2. The number of hydrogen-bond acceptors (Lipinski definition) is 7. The summed E-state index contributed by atoms with van der Waals surface area (Å²) in [6, 6.07) is 10.1. The highest BCUT2D eigenvalue weighted by molar-refractivity contribution is 7.22. The predicted molar refractivity (Wildman–Crippen MR) is 111 cm³/mol. The smallest absolute Gasteiger partial charge is 0.255 e. The van der Waals surface area contributed by atoms with Crippen molar-refractivity contribution in [1.82, 2.24) is 9.97 Å². The van der Waals surface area contributed by atoms with Crippen molar-refractivity contribution < 1.29 is 23.0 Å². The lowest BCUT2D eigenvalue weighted by atomic mass is 10.1. The van der Waals surface area contributed by atoms with Crippen molar-refractivity contribution in [3.8, 4) is 17.2 Å². The average molecular weight is 430 g/mol. The molecule has 3 N–H and O–H groups in total. The van der Waals surface area contributed by atoms with Gasteiger partial charge in [0.05, 0.1) is 35.0 Å². The number of thiazole rings is 1. The summed E-state index contributed by atoms with van der Waals surface area (Å²) in [6.45, 7) is -0.460. The lowest BCUT2D eigenvalue weighted by Crippen LogP contribution is -2.12. The van der Waals surface area contributed by atoms with Gasteiger partial charge in [0.1, 0.15) is 17.2 Å². The fourth-order valence-electron chi connectivity index (χ4n) is 2.93. The number of alkyl halides is 2. The third-order valence-corrected chi connectivity index (χ3v) is 5.26. The van der Waals surface area contributed by atoms with Gasteiger partial charge in [-0.3, -0.25) is 9.78 Å². The summed E-state index contributed by atoms with van der Waals surface area (Å²) >= 11 is 1.25. The first-order valence-electron chi connectivity index (χ1n) is 8.81. The van der Waals surface area contributed by atoms with Gasteiger partial charge >= 0.3 is 0 Å². The monoisotopic (exact) mass is 430 g/mol. The van der Waals surface area contributed by atoms with Crippen LogP contribution in [0.4, 0.5) is 13.9 Å². The lowest BCUT2D eigenvalue weighted by Gasteiger charge is -2.11. The number of rotatable bonds is 7. The molecular weight excluding hydrogens is 414 g/mol. The van der Waals surface area contributed by atoms with Crippen molar-refractivity contribution in [3.63, 3.8) is 0 Å². The van der Waals surface area contributed by atoms with Gasteiger partial charge in [-0.25, -0.2) is 13.8 Å². The van der Waals surface area contributed by atoms with Gasteiger partial charge < -0.3 is 20.5 Å². The number of amides is 1. The van der Waals surface area contributed by atoms with Gasteiger partial charge in [-0.1, -0.05) is 11.3 Å². The van der Waals surface area contributed by atoms with Crippen LogP contribution in [0.1, 0.15) is 10.4 Å². The van der Waals surface area contributed by atoms with Crippen LogP contribution in [-0.4, -0.2) is 36.0 Å². The largest absolute Gasteiger partial charge is 0.496 e. The molecule has 1 amide bonds. The first-order chi connectivity index (χ1) is 14.4. The summed E-state index contributed by atoms with van der Waals surface area (Å²) in [4.78, 5) is 20.3. The van der Waals surface area contributed by atoms with Crippen LogP contribution in [0.5, 0.6) is 17.2 Å². The SMILES string of the molecule is COc1cc2nccc(Oc3ccc4nc(NCC(F)F)sc4c3)c2cc1C(N)=O. The Morgan fingerprint density at radius 1 is 1.20 bits per heavy atom. The summed E-state index contributed by atoms with van der Waals surface area (Å²) < 4.78 is 36.8. The molecule has 2 aromatic carbocycles. The van der Waals surface area contributed by atoms with E-state index in [1.165, 1.54) is 18.4 Å². The molecular formula is C20H16F2N4O3S. The zero-order valence-electron chi connectivity index (χ0n) is 15.7. The number of nitrogens with one attached hydrogen (secondary N) is 1. The van der Waals surface area contributed by atoms with Gasteiger partial charge in [0.15, 0.2) is 5.13 Å². The van der Waals surface area contributed by atoms with Gasteiger partial charge in [-0.2, -0.15) is 0 Å². The molecule has 10 heteroatoms. The maximum Gasteiger partial charge on any atom is 0.255 e. The molecule has 0 fully saturated rings. The number of benzene rings is 2. The molecule has 0 unspecified atom stereocenters. The second kappa shape index (κ2) is 8.07. The fraction of sp³-hybridized carbons (Fsp3) is 0.150. The minimum atomic E-state index is -2.46. The Balaban J connectivity index is 1.68. The topological polar surface area (TPSA) is 99.4 Å². The number of hydrogen-bond donors (Lipinski definition) is 2. The Bertz CT molecular complexity index is 1250. The van der Waals surface area contributed by atoms with E-state index in [1.54, 1.807) is 42.6 Å². The molecule has 0 aliphatic carbocycles. The molecule has 4 rings (SSSR count). The van der Waals surface area contributed by atoms with Crippen LogP contribution in [0, 0.1) is 0 Å². The number of fused-ring (bicyclic) bond motifs is 2. The highest BCUT2D eigenvalue weighted by Crippen LogP contribution is 2.35. The summed E-state index contributed by atoms with van der Waals surface area (Å²) in [6.07, 6.45) is -0.877. The molecule has 0 saturated heterocycles. The molecule has 30 heavy (non-hydrogen) atoms. The fourth-order valence-corrected chi connectivity index (χ4v) is 3.84. The summed E-state index contributed by atoms with van der Waals surface area (Å²) in [5.41, 5.74) is 6.92. The van der Waals surface area contributed by atoms with Crippen molar-refractivity contribution in [3.05, 3.63) is 48.2 Å². The maximum absolute atomic E-state index is 12.4. The van der Waals surface area contributed by atoms with E-state index in [4.69, 9.17) is 15.2 Å². The molecule has 0 spiro atoms. The van der Waals surface area contributed by atoms with Crippen LogP contribution in [0.15, 0.2) is 42.6 Å².